The summed E-state index contributed by atoms with van der Waals surface area (Å²) in [7, 11) is 0. The van der Waals surface area contributed by atoms with Crippen LogP contribution in [0, 0.1) is 0 Å². The van der Waals surface area contributed by atoms with Crippen LogP contribution in [-0.2, 0) is 4.79 Å². The fourth-order valence-corrected chi connectivity index (χ4v) is 2.51. The molecule has 0 atom stereocenters. The van der Waals surface area contributed by atoms with E-state index in [0.29, 0.717) is 23.6 Å². The number of hydrogen-bond donors (Lipinski definition) is 1. The number of hydrogen-bond acceptors (Lipinski definition) is 4. The number of Topliss-reactive ketones (excluding diaryl/α,β-unsaturated/α-hetero) is 1. The maximum absolute atomic E-state index is 12.0. The summed E-state index contributed by atoms with van der Waals surface area (Å²) in [4.78, 5) is 23.3. The van der Waals surface area contributed by atoms with E-state index in [2.05, 4.69) is 12.2 Å². The zero-order valence-electron chi connectivity index (χ0n) is 16.0. The largest absolute Gasteiger partial charge is 0.493 e. The molecule has 1 amide bonds. The van der Waals surface area contributed by atoms with Gasteiger partial charge in [0.25, 0.3) is 5.91 Å². The van der Waals surface area contributed by atoms with Gasteiger partial charge in [0.1, 0.15) is 11.5 Å². The summed E-state index contributed by atoms with van der Waals surface area (Å²) in [5, 5.41) is 2.74. The Morgan fingerprint density at radius 2 is 1.63 bits per heavy atom. The number of nitrogens with one attached hydrogen (secondary N) is 1. The van der Waals surface area contributed by atoms with E-state index < -0.39 is 0 Å². The first-order chi connectivity index (χ1) is 13.1. The molecule has 0 spiro atoms. The molecule has 0 bridgehead atoms. The lowest BCUT2D eigenvalue weighted by atomic mass is 10.1. The summed E-state index contributed by atoms with van der Waals surface area (Å²) < 4.78 is 11.3. The first kappa shape index (κ1) is 20.5. The van der Waals surface area contributed by atoms with E-state index in [9.17, 15) is 9.59 Å². The smallest absolute Gasteiger partial charge is 0.262 e. The van der Waals surface area contributed by atoms with Gasteiger partial charge in [-0.25, -0.2) is 0 Å². The van der Waals surface area contributed by atoms with Gasteiger partial charge in [-0.15, -0.1) is 0 Å². The van der Waals surface area contributed by atoms with Crippen LogP contribution >= 0.6 is 0 Å². The molecule has 0 aromatic heterocycles. The highest BCUT2D eigenvalue weighted by Gasteiger charge is 2.06. The van der Waals surface area contributed by atoms with Crippen LogP contribution in [0.4, 0.5) is 5.69 Å². The molecule has 2 rings (SSSR count). The molecule has 0 heterocycles. The molecule has 0 aliphatic heterocycles. The molecule has 5 heteroatoms. The predicted molar refractivity (Wildman–Crippen MR) is 107 cm³/mol. The number of unbranched alkanes of at least 4 members (excludes halogenated alkanes) is 3. The Morgan fingerprint density at radius 1 is 0.926 bits per heavy atom. The van der Waals surface area contributed by atoms with Gasteiger partial charge >= 0.3 is 0 Å². The number of rotatable bonds is 11. The molecule has 0 radical (unpaired) electrons. The minimum atomic E-state index is -0.267. The number of ketones is 1. The minimum Gasteiger partial charge on any atom is -0.493 e. The summed E-state index contributed by atoms with van der Waals surface area (Å²) in [6.45, 7) is 4.26. The SMILES string of the molecule is CCCCCCOc1cccc(OCC(=O)Nc2ccc(C(C)=O)cc2)c1. The maximum atomic E-state index is 12.0. The Hall–Kier alpha value is -2.82. The number of amides is 1. The van der Waals surface area contributed by atoms with Crippen LogP contribution < -0.4 is 14.8 Å². The van der Waals surface area contributed by atoms with E-state index >= 15 is 0 Å². The molecular weight excluding hydrogens is 342 g/mol. The third-order valence-corrected chi connectivity index (χ3v) is 4.02. The summed E-state index contributed by atoms with van der Waals surface area (Å²) in [6, 6.07) is 14.1. The Morgan fingerprint density at radius 3 is 2.30 bits per heavy atom. The average molecular weight is 369 g/mol. The van der Waals surface area contributed by atoms with Crippen LogP contribution in [0.2, 0.25) is 0 Å². The van der Waals surface area contributed by atoms with E-state index in [1.165, 1.54) is 26.2 Å². The third kappa shape index (κ3) is 7.52. The summed E-state index contributed by atoms with van der Waals surface area (Å²) in [6.07, 6.45) is 4.62. The van der Waals surface area contributed by atoms with Gasteiger partial charge in [-0.3, -0.25) is 9.59 Å². The molecule has 0 unspecified atom stereocenters. The van der Waals surface area contributed by atoms with Gasteiger partial charge in [0.15, 0.2) is 12.4 Å². The maximum Gasteiger partial charge on any atom is 0.262 e. The first-order valence-electron chi connectivity index (χ1n) is 9.35. The predicted octanol–water partition coefficient (Wildman–Crippen LogP) is 4.87. The highest BCUT2D eigenvalue weighted by molar-refractivity contribution is 5.95. The highest BCUT2D eigenvalue weighted by atomic mass is 16.5. The first-order valence-corrected chi connectivity index (χ1v) is 9.35. The number of anilines is 1. The van der Waals surface area contributed by atoms with Gasteiger partial charge in [0, 0.05) is 17.3 Å². The van der Waals surface area contributed by atoms with Gasteiger partial charge in [-0.1, -0.05) is 32.3 Å². The van der Waals surface area contributed by atoms with Crippen molar-refractivity contribution < 1.29 is 19.1 Å². The molecule has 2 aromatic rings. The van der Waals surface area contributed by atoms with Crippen molar-refractivity contribution in [3.63, 3.8) is 0 Å². The quantitative estimate of drug-likeness (QED) is 0.453. The standard InChI is InChI=1S/C22H27NO4/c1-3-4-5-6-14-26-20-8-7-9-21(15-20)27-16-22(25)23-19-12-10-18(11-13-19)17(2)24/h7-13,15H,3-6,14,16H2,1-2H3,(H,23,25). The molecular formula is C22H27NO4. The minimum absolute atomic E-state index is 0.0105. The van der Waals surface area contributed by atoms with Crippen LogP contribution in [0.5, 0.6) is 11.5 Å². The fraction of sp³-hybridized carbons (Fsp3) is 0.364. The van der Waals surface area contributed by atoms with Crippen molar-refractivity contribution in [1.82, 2.24) is 0 Å². The molecule has 144 valence electrons. The topological polar surface area (TPSA) is 64.6 Å². The lowest BCUT2D eigenvalue weighted by molar-refractivity contribution is -0.118. The van der Waals surface area contributed by atoms with E-state index in [0.717, 1.165) is 12.2 Å². The summed E-state index contributed by atoms with van der Waals surface area (Å²) >= 11 is 0. The van der Waals surface area contributed by atoms with Crippen molar-refractivity contribution in [3.8, 4) is 11.5 Å². The van der Waals surface area contributed by atoms with E-state index in [4.69, 9.17) is 9.47 Å². The molecule has 27 heavy (non-hydrogen) atoms. The average Bonchev–Trinajstić information content (AvgIpc) is 2.67. The zero-order chi connectivity index (χ0) is 19.5. The van der Waals surface area contributed by atoms with E-state index in [-0.39, 0.29) is 18.3 Å². The molecule has 0 saturated heterocycles. The third-order valence-electron chi connectivity index (χ3n) is 4.02. The van der Waals surface area contributed by atoms with Gasteiger partial charge < -0.3 is 14.8 Å². The van der Waals surface area contributed by atoms with Crippen molar-refractivity contribution in [2.45, 2.75) is 39.5 Å². The van der Waals surface area contributed by atoms with Crippen LogP contribution in [0.1, 0.15) is 49.9 Å². The second kappa shape index (κ2) is 11.0. The van der Waals surface area contributed by atoms with Crippen LogP contribution in [0.25, 0.3) is 0 Å². The van der Waals surface area contributed by atoms with Crippen molar-refractivity contribution in [2.75, 3.05) is 18.5 Å². The number of carbonyl (C=O) groups is 2. The van der Waals surface area contributed by atoms with Crippen molar-refractivity contribution >= 4 is 17.4 Å². The van der Waals surface area contributed by atoms with Gasteiger partial charge in [0.2, 0.25) is 0 Å². The number of benzene rings is 2. The summed E-state index contributed by atoms with van der Waals surface area (Å²) in [5.74, 6) is 1.05. The second-order valence-corrected chi connectivity index (χ2v) is 6.35. The van der Waals surface area contributed by atoms with Gasteiger partial charge in [0.05, 0.1) is 6.61 Å². The highest BCUT2D eigenvalue weighted by Crippen LogP contribution is 2.20. The molecule has 0 saturated carbocycles. The number of carbonyl (C=O) groups excluding carboxylic acids is 2. The fourth-order valence-electron chi connectivity index (χ4n) is 2.51. The lowest BCUT2D eigenvalue weighted by Crippen LogP contribution is -2.20. The second-order valence-electron chi connectivity index (χ2n) is 6.35. The molecule has 0 aliphatic carbocycles. The van der Waals surface area contributed by atoms with Crippen LogP contribution in [-0.4, -0.2) is 24.9 Å². The molecule has 1 N–H and O–H groups in total. The van der Waals surface area contributed by atoms with Crippen LogP contribution in [0.15, 0.2) is 48.5 Å². The van der Waals surface area contributed by atoms with Crippen molar-refractivity contribution in [1.29, 1.82) is 0 Å². The van der Waals surface area contributed by atoms with E-state index in [1.54, 1.807) is 36.4 Å². The molecule has 2 aromatic carbocycles. The molecule has 5 nitrogen and oxygen atoms in total. The summed E-state index contributed by atoms with van der Waals surface area (Å²) in [5.41, 5.74) is 1.23. The van der Waals surface area contributed by atoms with Gasteiger partial charge in [-0.05, 0) is 49.7 Å². The number of ether oxygens (including phenoxy) is 2. The van der Waals surface area contributed by atoms with Crippen molar-refractivity contribution in [2.24, 2.45) is 0 Å². The Bertz CT molecular complexity index is 740. The van der Waals surface area contributed by atoms with Gasteiger partial charge in [-0.2, -0.15) is 0 Å². The Kier molecular flexibility index (Phi) is 8.36. The zero-order valence-corrected chi connectivity index (χ0v) is 16.0. The normalized spacial score (nSPS) is 10.3. The van der Waals surface area contributed by atoms with Crippen molar-refractivity contribution in [3.05, 3.63) is 54.1 Å². The molecule has 0 aliphatic rings. The monoisotopic (exact) mass is 369 g/mol. The van der Waals surface area contributed by atoms with Crippen LogP contribution in [0.3, 0.4) is 0 Å². The Labute approximate surface area is 160 Å². The molecule has 0 fully saturated rings. The lowest BCUT2D eigenvalue weighted by Gasteiger charge is -2.10. The Balaban J connectivity index is 1.77. The van der Waals surface area contributed by atoms with E-state index in [1.807, 2.05) is 12.1 Å².